The third-order valence-corrected chi connectivity index (χ3v) is 4.18. The van der Waals surface area contributed by atoms with Gasteiger partial charge in [0.25, 0.3) is 0 Å². The van der Waals surface area contributed by atoms with Gasteiger partial charge < -0.3 is 21.0 Å². The van der Waals surface area contributed by atoms with Crippen molar-refractivity contribution < 1.29 is 0 Å². The van der Waals surface area contributed by atoms with Crippen molar-refractivity contribution in [2.24, 2.45) is 0 Å². The fraction of sp³-hybridized carbons (Fsp3) is 0.278. The number of nitrogens with one attached hydrogen (secondary N) is 4. The van der Waals surface area contributed by atoms with Gasteiger partial charge >= 0.3 is 5.69 Å². The Kier molecular flexibility index (Phi) is 4.66. The summed E-state index contributed by atoms with van der Waals surface area (Å²) in [5.74, 6) is 0.465. The summed E-state index contributed by atoms with van der Waals surface area (Å²) in [5.41, 5.74) is 4.36. The van der Waals surface area contributed by atoms with Gasteiger partial charge in [-0.15, -0.1) is 5.10 Å². The Morgan fingerprint density at radius 2 is 2.12 bits per heavy atom. The highest BCUT2D eigenvalue weighted by molar-refractivity contribution is 6.10. The molecular formula is C18H23N7O. The number of allylic oxidation sites excluding steroid dienone is 4. The molecule has 0 amide bonds. The minimum atomic E-state index is -0.203. The molecule has 1 aliphatic carbocycles. The molecule has 2 aromatic rings. The minimum absolute atomic E-state index is 0.203. The maximum Gasteiger partial charge on any atom is 0.352 e. The van der Waals surface area contributed by atoms with Crippen LogP contribution in [0.2, 0.25) is 0 Å². The normalized spacial score (nSPS) is 15.8. The molecule has 0 aromatic carbocycles. The zero-order chi connectivity index (χ0) is 18.8. The van der Waals surface area contributed by atoms with E-state index in [0.29, 0.717) is 23.9 Å². The maximum atomic E-state index is 12.7. The van der Waals surface area contributed by atoms with Crippen LogP contribution in [0.15, 0.2) is 52.3 Å². The Morgan fingerprint density at radius 1 is 1.35 bits per heavy atom. The summed E-state index contributed by atoms with van der Waals surface area (Å²) in [4.78, 5) is 15.8. The minimum Gasteiger partial charge on any atom is -0.393 e. The molecule has 4 N–H and O–H groups in total. The first-order valence-electron chi connectivity index (χ1n) is 8.43. The van der Waals surface area contributed by atoms with E-state index in [1.165, 1.54) is 4.68 Å². The topological polar surface area (TPSA) is 104 Å². The number of rotatable bonds is 5. The van der Waals surface area contributed by atoms with Crippen LogP contribution in [0.25, 0.3) is 5.69 Å². The Hall–Kier alpha value is -3.29. The van der Waals surface area contributed by atoms with E-state index in [-0.39, 0.29) is 5.69 Å². The van der Waals surface area contributed by atoms with Gasteiger partial charge in [-0.25, -0.2) is 4.79 Å². The molecule has 136 valence electrons. The lowest BCUT2D eigenvalue weighted by atomic mass is 9.99. The van der Waals surface area contributed by atoms with Gasteiger partial charge in [0.1, 0.15) is 0 Å². The standard InChI is InChI=1S/C18H23N7O/c1-5-24-17(23-25(18(24)26)14-7-12(3)21-10-14)22-16-8-13(9-20-4)15(19)6-11(16)2/h6-10,19-21H,5H2,1-4H3,(H,22,23)/b13-9-,19-15?. The molecule has 0 fully saturated rings. The summed E-state index contributed by atoms with van der Waals surface area (Å²) < 4.78 is 2.96. The molecule has 2 aromatic heterocycles. The number of hydrogen-bond donors (Lipinski definition) is 4. The molecule has 0 bridgehead atoms. The monoisotopic (exact) mass is 353 g/mol. The van der Waals surface area contributed by atoms with Gasteiger partial charge in [0, 0.05) is 43.0 Å². The Morgan fingerprint density at radius 3 is 2.73 bits per heavy atom. The predicted molar refractivity (Wildman–Crippen MR) is 103 cm³/mol. The van der Waals surface area contributed by atoms with Crippen LogP contribution >= 0.6 is 0 Å². The highest BCUT2D eigenvalue weighted by Crippen LogP contribution is 2.21. The molecule has 0 saturated carbocycles. The second kappa shape index (κ2) is 6.91. The molecule has 0 unspecified atom stereocenters. The third kappa shape index (κ3) is 3.13. The van der Waals surface area contributed by atoms with Crippen LogP contribution in [-0.2, 0) is 6.54 Å². The van der Waals surface area contributed by atoms with Crippen LogP contribution in [0.3, 0.4) is 0 Å². The first kappa shape index (κ1) is 17.5. The van der Waals surface area contributed by atoms with Gasteiger partial charge in [-0.1, -0.05) is 0 Å². The number of nitrogens with zero attached hydrogens (tertiary/aromatic N) is 3. The Balaban J connectivity index is 2.01. The first-order chi connectivity index (χ1) is 12.4. The van der Waals surface area contributed by atoms with Crippen molar-refractivity contribution in [2.75, 3.05) is 12.4 Å². The summed E-state index contributed by atoms with van der Waals surface area (Å²) in [7, 11) is 1.79. The summed E-state index contributed by atoms with van der Waals surface area (Å²) in [6.45, 7) is 6.25. The van der Waals surface area contributed by atoms with E-state index in [2.05, 4.69) is 20.7 Å². The smallest absolute Gasteiger partial charge is 0.352 e. The summed E-state index contributed by atoms with van der Waals surface area (Å²) in [6.07, 6.45) is 7.18. The molecule has 8 heteroatoms. The van der Waals surface area contributed by atoms with Gasteiger partial charge in [0.15, 0.2) is 0 Å². The third-order valence-electron chi connectivity index (χ3n) is 4.18. The van der Waals surface area contributed by atoms with Gasteiger partial charge in [-0.05, 0) is 44.6 Å². The van der Waals surface area contributed by atoms with E-state index in [1.54, 1.807) is 30.1 Å². The lowest BCUT2D eigenvalue weighted by Crippen LogP contribution is -2.23. The molecule has 1 aliphatic rings. The second-order valence-corrected chi connectivity index (χ2v) is 6.12. The number of aromatic nitrogens is 4. The van der Waals surface area contributed by atoms with E-state index in [1.807, 2.05) is 32.9 Å². The zero-order valence-corrected chi connectivity index (χ0v) is 15.3. The number of hydrogen-bond acceptors (Lipinski definition) is 5. The average Bonchev–Trinajstić information content (AvgIpc) is 3.15. The van der Waals surface area contributed by atoms with Crippen molar-refractivity contribution >= 4 is 11.7 Å². The van der Waals surface area contributed by atoms with Crippen molar-refractivity contribution in [3.8, 4) is 5.69 Å². The maximum absolute atomic E-state index is 12.7. The molecule has 26 heavy (non-hydrogen) atoms. The molecule has 8 nitrogen and oxygen atoms in total. The number of aryl methyl sites for hydroxylation is 1. The van der Waals surface area contributed by atoms with E-state index >= 15 is 0 Å². The first-order valence-corrected chi connectivity index (χ1v) is 8.43. The quantitative estimate of drug-likeness (QED) is 0.660. The molecule has 3 rings (SSSR count). The number of aromatic amines is 1. The molecule has 2 heterocycles. The number of H-pyrrole nitrogens is 1. The predicted octanol–water partition coefficient (Wildman–Crippen LogP) is 2.07. The van der Waals surface area contributed by atoms with Gasteiger partial charge in [-0.2, -0.15) is 4.68 Å². The van der Waals surface area contributed by atoms with E-state index in [9.17, 15) is 4.79 Å². The zero-order valence-electron chi connectivity index (χ0n) is 15.3. The lowest BCUT2D eigenvalue weighted by Gasteiger charge is -2.17. The fourth-order valence-corrected chi connectivity index (χ4v) is 2.81. The molecule has 0 spiro atoms. The largest absolute Gasteiger partial charge is 0.393 e. The molecule has 0 atom stereocenters. The van der Waals surface area contributed by atoms with Crippen LogP contribution in [-0.4, -0.2) is 32.1 Å². The lowest BCUT2D eigenvalue weighted by molar-refractivity contribution is 0.716. The SMILES string of the molecule is CCn1c(NC2=C/C(=C/NC)C(=N)C=C2C)nn(-c2c[nH]c(C)c2)c1=O. The van der Waals surface area contributed by atoms with E-state index in [0.717, 1.165) is 22.5 Å². The molecule has 0 aliphatic heterocycles. The van der Waals surface area contributed by atoms with Crippen LogP contribution in [0.5, 0.6) is 0 Å². The van der Waals surface area contributed by atoms with Crippen molar-refractivity contribution in [1.29, 1.82) is 5.41 Å². The van der Waals surface area contributed by atoms with Crippen molar-refractivity contribution in [3.05, 3.63) is 63.6 Å². The highest BCUT2D eigenvalue weighted by Gasteiger charge is 2.18. The van der Waals surface area contributed by atoms with Gasteiger partial charge in [0.2, 0.25) is 5.95 Å². The molecule has 0 radical (unpaired) electrons. The summed E-state index contributed by atoms with van der Waals surface area (Å²) in [6, 6.07) is 1.87. The highest BCUT2D eigenvalue weighted by atomic mass is 16.2. The van der Waals surface area contributed by atoms with Crippen LogP contribution in [0.4, 0.5) is 5.95 Å². The summed E-state index contributed by atoms with van der Waals surface area (Å²) >= 11 is 0. The summed E-state index contributed by atoms with van der Waals surface area (Å²) in [5, 5.41) is 18.7. The van der Waals surface area contributed by atoms with E-state index < -0.39 is 0 Å². The van der Waals surface area contributed by atoms with Crippen molar-refractivity contribution in [1.82, 2.24) is 24.6 Å². The molecule has 0 saturated heterocycles. The van der Waals surface area contributed by atoms with Gasteiger partial charge in [-0.3, -0.25) is 4.57 Å². The van der Waals surface area contributed by atoms with Gasteiger partial charge in [0.05, 0.1) is 11.4 Å². The average molecular weight is 353 g/mol. The van der Waals surface area contributed by atoms with E-state index in [4.69, 9.17) is 5.41 Å². The Bertz CT molecular complexity index is 997. The van der Waals surface area contributed by atoms with Crippen LogP contribution in [0, 0.1) is 12.3 Å². The number of anilines is 1. The second-order valence-electron chi connectivity index (χ2n) is 6.12. The van der Waals surface area contributed by atoms with Crippen LogP contribution in [0.1, 0.15) is 19.5 Å². The molecular weight excluding hydrogens is 330 g/mol. The Labute approximate surface area is 151 Å². The van der Waals surface area contributed by atoms with Crippen molar-refractivity contribution in [3.63, 3.8) is 0 Å². The fourth-order valence-electron chi connectivity index (χ4n) is 2.81. The van der Waals surface area contributed by atoms with Crippen LogP contribution < -0.4 is 16.3 Å². The van der Waals surface area contributed by atoms with Crippen molar-refractivity contribution in [2.45, 2.75) is 27.3 Å².